The minimum atomic E-state index is -0.171. The van der Waals surface area contributed by atoms with Gasteiger partial charge in [-0.3, -0.25) is 14.8 Å². The van der Waals surface area contributed by atoms with Gasteiger partial charge in [-0.05, 0) is 91.8 Å². The monoisotopic (exact) mass is 520 g/mol. The van der Waals surface area contributed by atoms with Crippen molar-refractivity contribution in [2.75, 3.05) is 32.7 Å². The normalized spacial score (nSPS) is 16.4. The third kappa shape index (κ3) is 6.13. The van der Waals surface area contributed by atoms with Crippen LogP contribution in [0.25, 0.3) is 11.1 Å². The first-order chi connectivity index (χ1) is 19.2. The number of carbonyl (C=O) groups is 1. The average molecular weight is 521 g/mol. The number of hydrogen-bond acceptors (Lipinski definition) is 5. The molecule has 6 rings (SSSR count). The number of H-pyrrole nitrogens is 1. The minimum Gasteiger partial charge on any atom is -0.484 e. The standard InChI is InChI=1S/C33H36N4O2/c38-31(19-24-8-9-25-12-14-34-15-13-28(25)18-24)30-11-10-27(29-21-35-36-22-29)20-32(30)39-33(23-37-16-4-5-17-37)26-6-2-1-3-7-26/h1-3,6-11,18,20-22,33-34H,4-5,12-17,19,23H2,(H,35,36). The SMILES string of the molecule is O=C(Cc1ccc2c(c1)CCNCC2)c1ccc(-c2cn[nH]c2)cc1OC(CN1CCCC1)c1ccccc1. The maximum Gasteiger partial charge on any atom is 0.170 e. The molecule has 1 unspecified atom stereocenters. The zero-order valence-electron chi connectivity index (χ0n) is 22.4. The van der Waals surface area contributed by atoms with Gasteiger partial charge >= 0.3 is 0 Å². The van der Waals surface area contributed by atoms with E-state index < -0.39 is 0 Å². The van der Waals surface area contributed by atoms with Gasteiger partial charge in [0, 0.05) is 24.7 Å². The molecule has 4 aromatic rings. The highest BCUT2D eigenvalue weighted by molar-refractivity contribution is 6.00. The second kappa shape index (κ2) is 12.0. The van der Waals surface area contributed by atoms with Crippen LogP contribution in [-0.2, 0) is 19.3 Å². The second-order valence-corrected chi connectivity index (χ2v) is 10.7. The van der Waals surface area contributed by atoms with E-state index in [9.17, 15) is 4.79 Å². The summed E-state index contributed by atoms with van der Waals surface area (Å²) in [5.74, 6) is 0.703. The number of carbonyl (C=O) groups excluding carboxylic acids is 1. The van der Waals surface area contributed by atoms with E-state index in [1.54, 1.807) is 6.20 Å². The molecular weight excluding hydrogens is 484 g/mol. The Kier molecular flexibility index (Phi) is 7.84. The van der Waals surface area contributed by atoms with Crippen LogP contribution < -0.4 is 10.1 Å². The van der Waals surface area contributed by atoms with E-state index in [2.05, 4.69) is 62.9 Å². The van der Waals surface area contributed by atoms with Crippen molar-refractivity contribution in [3.63, 3.8) is 0 Å². The molecule has 0 spiro atoms. The summed E-state index contributed by atoms with van der Waals surface area (Å²) in [5.41, 5.74) is 7.48. The zero-order chi connectivity index (χ0) is 26.4. The lowest BCUT2D eigenvalue weighted by Crippen LogP contribution is -2.28. The Bertz CT molecular complexity index is 1390. The quantitative estimate of drug-likeness (QED) is 0.289. The van der Waals surface area contributed by atoms with Crippen LogP contribution in [0, 0.1) is 0 Å². The number of Topliss-reactive ketones (excluding diaryl/α,β-unsaturated/α-hetero) is 1. The lowest BCUT2D eigenvalue weighted by molar-refractivity contribution is 0.0980. The maximum atomic E-state index is 13.8. The molecule has 1 aromatic heterocycles. The number of benzene rings is 3. The highest BCUT2D eigenvalue weighted by Gasteiger charge is 2.24. The summed E-state index contributed by atoms with van der Waals surface area (Å²) in [7, 11) is 0. The molecule has 0 aliphatic carbocycles. The maximum absolute atomic E-state index is 13.8. The molecule has 2 aliphatic heterocycles. The van der Waals surface area contributed by atoms with Crippen LogP contribution in [0.1, 0.15) is 51.6 Å². The van der Waals surface area contributed by atoms with E-state index in [4.69, 9.17) is 4.74 Å². The molecule has 1 atom stereocenters. The minimum absolute atomic E-state index is 0.0726. The Morgan fingerprint density at radius 2 is 1.74 bits per heavy atom. The average Bonchev–Trinajstić information content (AvgIpc) is 3.64. The lowest BCUT2D eigenvalue weighted by Gasteiger charge is -2.26. The van der Waals surface area contributed by atoms with Crippen LogP contribution in [0.3, 0.4) is 0 Å². The number of aromatic amines is 1. The van der Waals surface area contributed by atoms with Crippen LogP contribution in [0.2, 0.25) is 0 Å². The predicted octanol–water partition coefficient (Wildman–Crippen LogP) is 5.41. The van der Waals surface area contributed by atoms with Crippen molar-refractivity contribution in [1.82, 2.24) is 20.4 Å². The van der Waals surface area contributed by atoms with Crippen LogP contribution in [0.5, 0.6) is 5.75 Å². The van der Waals surface area contributed by atoms with Gasteiger partial charge in [-0.1, -0.05) is 54.6 Å². The zero-order valence-corrected chi connectivity index (χ0v) is 22.4. The molecule has 0 bridgehead atoms. The third-order valence-corrected chi connectivity index (χ3v) is 7.95. The van der Waals surface area contributed by atoms with Gasteiger partial charge in [0.2, 0.25) is 0 Å². The summed E-state index contributed by atoms with van der Waals surface area (Å²) >= 11 is 0. The number of hydrogen-bond donors (Lipinski definition) is 2. The van der Waals surface area contributed by atoms with Crippen molar-refractivity contribution in [1.29, 1.82) is 0 Å². The highest BCUT2D eigenvalue weighted by atomic mass is 16.5. The summed E-state index contributed by atoms with van der Waals surface area (Å²) in [5, 5.41) is 10.5. The van der Waals surface area contributed by atoms with Gasteiger partial charge in [-0.25, -0.2) is 0 Å². The molecule has 0 radical (unpaired) electrons. The molecule has 6 nitrogen and oxygen atoms in total. The first-order valence-corrected chi connectivity index (χ1v) is 14.1. The van der Waals surface area contributed by atoms with Gasteiger partial charge in [0.15, 0.2) is 5.78 Å². The van der Waals surface area contributed by atoms with Crippen molar-refractivity contribution in [3.8, 4) is 16.9 Å². The topological polar surface area (TPSA) is 70.2 Å². The van der Waals surface area contributed by atoms with Gasteiger partial charge in [0.25, 0.3) is 0 Å². The first-order valence-electron chi connectivity index (χ1n) is 14.1. The fourth-order valence-electron chi connectivity index (χ4n) is 5.79. The van der Waals surface area contributed by atoms with E-state index in [0.717, 1.165) is 67.8 Å². The lowest BCUT2D eigenvalue weighted by atomic mass is 9.95. The van der Waals surface area contributed by atoms with E-state index >= 15 is 0 Å². The first kappa shape index (κ1) is 25.5. The highest BCUT2D eigenvalue weighted by Crippen LogP contribution is 2.32. The number of nitrogens with one attached hydrogen (secondary N) is 2. The van der Waals surface area contributed by atoms with Crippen LogP contribution in [0.15, 0.2) is 79.1 Å². The number of nitrogens with zero attached hydrogens (tertiary/aromatic N) is 2. The largest absolute Gasteiger partial charge is 0.484 e. The number of rotatable bonds is 9. The molecule has 0 amide bonds. The third-order valence-electron chi connectivity index (χ3n) is 7.95. The molecule has 3 aromatic carbocycles. The molecule has 1 saturated heterocycles. The van der Waals surface area contributed by atoms with Crippen LogP contribution in [-0.4, -0.2) is 53.6 Å². The van der Waals surface area contributed by atoms with Gasteiger partial charge in [0.1, 0.15) is 11.9 Å². The molecule has 2 N–H and O–H groups in total. The van der Waals surface area contributed by atoms with E-state index in [-0.39, 0.29) is 11.9 Å². The Labute approximate surface area is 230 Å². The molecule has 39 heavy (non-hydrogen) atoms. The molecular formula is C33H36N4O2. The number of ether oxygens (including phenoxy) is 1. The summed E-state index contributed by atoms with van der Waals surface area (Å²) < 4.78 is 6.80. The Hall–Kier alpha value is -3.74. The van der Waals surface area contributed by atoms with Gasteiger partial charge in [0.05, 0.1) is 11.8 Å². The van der Waals surface area contributed by atoms with Crippen molar-refractivity contribution in [3.05, 3.63) is 107 Å². The second-order valence-electron chi connectivity index (χ2n) is 10.7. The predicted molar refractivity (Wildman–Crippen MR) is 154 cm³/mol. The molecule has 6 heteroatoms. The van der Waals surface area contributed by atoms with E-state index in [1.807, 2.05) is 30.5 Å². The van der Waals surface area contributed by atoms with Gasteiger partial charge in [-0.15, -0.1) is 0 Å². The summed E-state index contributed by atoms with van der Waals surface area (Å²) in [6, 6.07) is 22.8. The molecule has 0 saturated carbocycles. The summed E-state index contributed by atoms with van der Waals surface area (Å²) in [6.45, 7) is 4.96. The number of ketones is 1. The Balaban J connectivity index is 1.31. The molecule has 2 aliphatic rings. The number of likely N-dealkylation sites (tertiary alicyclic amines) is 1. The fourth-order valence-corrected chi connectivity index (χ4v) is 5.79. The van der Waals surface area contributed by atoms with Crippen LogP contribution in [0.4, 0.5) is 0 Å². The van der Waals surface area contributed by atoms with Crippen LogP contribution >= 0.6 is 0 Å². The van der Waals surface area contributed by atoms with E-state index in [1.165, 1.54) is 24.0 Å². The molecule has 3 heterocycles. The molecule has 1 fully saturated rings. The van der Waals surface area contributed by atoms with Gasteiger partial charge in [-0.2, -0.15) is 5.10 Å². The summed E-state index contributed by atoms with van der Waals surface area (Å²) in [6.07, 6.45) is 8.32. The number of aromatic nitrogens is 2. The fraction of sp³-hybridized carbons (Fsp3) is 0.333. The van der Waals surface area contributed by atoms with Crippen molar-refractivity contribution < 1.29 is 9.53 Å². The number of fused-ring (bicyclic) bond motifs is 1. The van der Waals surface area contributed by atoms with E-state index in [0.29, 0.717) is 17.7 Å². The van der Waals surface area contributed by atoms with Gasteiger partial charge < -0.3 is 10.1 Å². The summed E-state index contributed by atoms with van der Waals surface area (Å²) in [4.78, 5) is 16.3. The Morgan fingerprint density at radius 3 is 2.54 bits per heavy atom. The Morgan fingerprint density at radius 1 is 0.923 bits per heavy atom. The van der Waals surface area contributed by atoms with Crippen molar-refractivity contribution >= 4 is 5.78 Å². The van der Waals surface area contributed by atoms with Crippen molar-refractivity contribution in [2.45, 2.75) is 38.2 Å². The smallest absolute Gasteiger partial charge is 0.170 e. The van der Waals surface area contributed by atoms with Crippen molar-refractivity contribution in [2.24, 2.45) is 0 Å². The molecule has 200 valence electrons.